The smallest absolute Gasteiger partial charge is 0.311 e. The molecular weight excluding hydrogens is 268 g/mol. The standard InChI is InChI=1S/C12H16N2O4S/c1-8-9(6-19-14-8)10(15)13-7-12(11(16)17)2-4-18-5-3-12/h6H,2-5,7H2,1H3,(H,13,15)(H,16,17). The van der Waals surface area contributed by atoms with Crippen molar-refractivity contribution in [3.63, 3.8) is 0 Å². The molecule has 1 aliphatic heterocycles. The number of nitrogens with zero attached hydrogens (tertiary/aromatic N) is 1. The fourth-order valence-electron chi connectivity index (χ4n) is 2.08. The minimum absolute atomic E-state index is 0.125. The summed E-state index contributed by atoms with van der Waals surface area (Å²) in [6.07, 6.45) is 0.840. The number of nitrogens with one attached hydrogen (secondary N) is 1. The normalized spacial score (nSPS) is 17.9. The number of hydrogen-bond acceptors (Lipinski definition) is 5. The first-order valence-corrected chi connectivity index (χ1v) is 6.89. The molecule has 2 rings (SSSR count). The monoisotopic (exact) mass is 284 g/mol. The van der Waals surface area contributed by atoms with Crippen LogP contribution >= 0.6 is 11.5 Å². The average molecular weight is 284 g/mol. The van der Waals surface area contributed by atoms with Gasteiger partial charge in [0, 0.05) is 25.1 Å². The van der Waals surface area contributed by atoms with Crippen LogP contribution in [0.4, 0.5) is 0 Å². The molecule has 0 aromatic carbocycles. The molecule has 104 valence electrons. The third kappa shape index (κ3) is 2.93. The van der Waals surface area contributed by atoms with E-state index in [2.05, 4.69) is 9.69 Å². The molecule has 19 heavy (non-hydrogen) atoms. The van der Waals surface area contributed by atoms with Crippen molar-refractivity contribution in [2.75, 3.05) is 19.8 Å². The van der Waals surface area contributed by atoms with Crippen molar-refractivity contribution in [1.29, 1.82) is 0 Å². The maximum absolute atomic E-state index is 12.0. The Kier molecular flexibility index (Phi) is 4.16. The molecule has 0 atom stereocenters. The number of carboxylic acids is 1. The molecule has 0 aliphatic carbocycles. The van der Waals surface area contributed by atoms with E-state index in [-0.39, 0.29) is 12.5 Å². The number of carbonyl (C=O) groups excluding carboxylic acids is 1. The van der Waals surface area contributed by atoms with Crippen LogP contribution in [0.2, 0.25) is 0 Å². The van der Waals surface area contributed by atoms with E-state index in [9.17, 15) is 14.7 Å². The fourth-order valence-corrected chi connectivity index (χ4v) is 2.78. The Balaban J connectivity index is 2.02. The molecule has 0 unspecified atom stereocenters. The molecule has 1 amide bonds. The van der Waals surface area contributed by atoms with Crippen LogP contribution in [-0.4, -0.2) is 41.1 Å². The van der Waals surface area contributed by atoms with Crippen LogP contribution in [-0.2, 0) is 9.53 Å². The number of aromatic nitrogens is 1. The van der Waals surface area contributed by atoms with E-state index in [1.165, 1.54) is 11.5 Å². The van der Waals surface area contributed by atoms with Gasteiger partial charge in [-0.15, -0.1) is 0 Å². The Morgan fingerprint density at radius 1 is 1.53 bits per heavy atom. The van der Waals surface area contributed by atoms with Gasteiger partial charge in [0.25, 0.3) is 5.91 Å². The summed E-state index contributed by atoms with van der Waals surface area (Å²) in [5.74, 6) is -1.14. The van der Waals surface area contributed by atoms with E-state index in [1.807, 2.05) is 0 Å². The van der Waals surface area contributed by atoms with Crippen LogP contribution < -0.4 is 5.32 Å². The van der Waals surface area contributed by atoms with Crippen LogP contribution in [0, 0.1) is 12.3 Å². The number of ether oxygens (including phenoxy) is 1. The van der Waals surface area contributed by atoms with E-state index in [1.54, 1.807) is 12.3 Å². The van der Waals surface area contributed by atoms with E-state index in [0.717, 1.165) is 0 Å². The molecule has 2 N–H and O–H groups in total. The third-order valence-electron chi connectivity index (χ3n) is 3.49. The first-order chi connectivity index (χ1) is 9.05. The predicted molar refractivity (Wildman–Crippen MR) is 69.3 cm³/mol. The molecule has 7 heteroatoms. The molecule has 1 fully saturated rings. The molecule has 1 aromatic heterocycles. The number of carbonyl (C=O) groups is 2. The highest BCUT2D eigenvalue weighted by molar-refractivity contribution is 7.03. The number of aliphatic carboxylic acids is 1. The molecule has 0 radical (unpaired) electrons. The summed E-state index contributed by atoms with van der Waals surface area (Å²) in [5.41, 5.74) is 0.266. The number of hydrogen-bond donors (Lipinski definition) is 2. The largest absolute Gasteiger partial charge is 0.481 e. The first kappa shape index (κ1) is 14.0. The summed E-state index contributed by atoms with van der Waals surface area (Å²) in [6.45, 7) is 2.72. The van der Waals surface area contributed by atoms with Crippen LogP contribution in [0.25, 0.3) is 0 Å². The van der Waals surface area contributed by atoms with Crippen LogP contribution in [0.5, 0.6) is 0 Å². The Labute approximate surface area is 114 Å². The maximum Gasteiger partial charge on any atom is 0.311 e. The van der Waals surface area contributed by atoms with Gasteiger partial charge in [0.05, 0.1) is 16.7 Å². The lowest BCUT2D eigenvalue weighted by Gasteiger charge is -2.33. The van der Waals surface area contributed by atoms with Gasteiger partial charge in [-0.1, -0.05) is 0 Å². The zero-order valence-corrected chi connectivity index (χ0v) is 11.5. The van der Waals surface area contributed by atoms with Gasteiger partial charge in [-0.3, -0.25) is 9.59 Å². The lowest BCUT2D eigenvalue weighted by atomic mass is 9.80. The highest BCUT2D eigenvalue weighted by Gasteiger charge is 2.40. The summed E-state index contributed by atoms with van der Waals surface area (Å²) < 4.78 is 9.22. The van der Waals surface area contributed by atoms with Crippen LogP contribution in [0.3, 0.4) is 0 Å². The van der Waals surface area contributed by atoms with Crippen molar-refractivity contribution in [2.24, 2.45) is 5.41 Å². The second-order valence-electron chi connectivity index (χ2n) is 4.69. The lowest BCUT2D eigenvalue weighted by molar-refractivity contribution is -0.154. The quantitative estimate of drug-likeness (QED) is 0.863. The van der Waals surface area contributed by atoms with Crippen molar-refractivity contribution >= 4 is 23.4 Å². The summed E-state index contributed by atoms with van der Waals surface area (Å²) in [7, 11) is 0. The maximum atomic E-state index is 12.0. The molecule has 0 bridgehead atoms. The second kappa shape index (κ2) is 5.66. The number of rotatable bonds is 4. The van der Waals surface area contributed by atoms with Crippen molar-refractivity contribution in [3.05, 3.63) is 16.6 Å². The lowest BCUT2D eigenvalue weighted by Crippen LogP contribution is -2.46. The first-order valence-electron chi connectivity index (χ1n) is 6.05. The average Bonchev–Trinajstić information content (AvgIpc) is 2.83. The molecule has 2 heterocycles. The molecule has 0 saturated carbocycles. The van der Waals surface area contributed by atoms with Crippen molar-refractivity contribution in [3.8, 4) is 0 Å². The number of aryl methyl sites for hydroxylation is 1. The van der Waals surface area contributed by atoms with Crippen molar-refractivity contribution in [1.82, 2.24) is 9.69 Å². The summed E-state index contributed by atoms with van der Waals surface area (Å²) >= 11 is 1.21. The zero-order valence-electron chi connectivity index (χ0n) is 10.6. The van der Waals surface area contributed by atoms with E-state index >= 15 is 0 Å². The fraction of sp³-hybridized carbons (Fsp3) is 0.583. The Hall–Kier alpha value is -1.47. The summed E-state index contributed by atoms with van der Waals surface area (Å²) in [5, 5.41) is 13.7. The minimum atomic E-state index is -0.911. The Morgan fingerprint density at radius 2 is 2.21 bits per heavy atom. The summed E-state index contributed by atoms with van der Waals surface area (Å²) in [6, 6.07) is 0. The minimum Gasteiger partial charge on any atom is -0.481 e. The van der Waals surface area contributed by atoms with Gasteiger partial charge in [-0.2, -0.15) is 4.37 Å². The van der Waals surface area contributed by atoms with Gasteiger partial charge in [0.1, 0.15) is 0 Å². The van der Waals surface area contributed by atoms with Gasteiger partial charge >= 0.3 is 5.97 Å². The Bertz CT molecular complexity index is 480. The SMILES string of the molecule is Cc1nscc1C(=O)NCC1(C(=O)O)CCOCC1. The second-order valence-corrected chi connectivity index (χ2v) is 5.32. The third-order valence-corrected chi connectivity index (χ3v) is 4.21. The molecule has 1 aliphatic rings. The van der Waals surface area contributed by atoms with Gasteiger partial charge in [-0.25, -0.2) is 0 Å². The molecule has 1 aromatic rings. The number of amides is 1. The van der Waals surface area contributed by atoms with E-state index in [4.69, 9.17) is 4.74 Å². The van der Waals surface area contributed by atoms with Gasteiger partial charge in [0.2, 0.25) is 0 Å². The molecule has 6 nitrogen and oxygen atoms in total. The highest BCUT2D eigenvalue weighted by atomic mass is 32.1. The molecular formula is C12H16N2O4S. The highest BCUT2D eigenvalue weighted by Crippen LogP contribution is 2.30. The zero-order chi connectivity index (χ0) is 13.9. The molecule has 0 spiro atoms. The van der Waals surface area contributed by atoms with Gasteiger partial charge in [0.15, 0.2) is 0 Å². The Morgan fingerprint density at radius 3 is 2.74 bits per heavy atom. The topological polar surface area (TPSA) is 88.5 Å². The van der Waals surface area contributed by atoms with Crippen molar-refractivity contribution in [2.45, 2.75) is 19.8 Å². The van der Waals surface area contributed by atoms with Gasteiger partial charge < -0.3 is 15.2 Å². The number of carboxylic acid groups (broad SMARTS) is 1. The summed E-state index contributed by atoms with van der Waals surface area (Å²) in [4.78, 5) is 23.4. The predicted octanol–water partition coefficient (Wildman–Crippen LogP) is 1.06. The van der Waals surface area contributed by atoms with Crippen molar-refractivity contribution < 1.29 is 19.4 Å². The van der Waals surface area contributed by atoms with Crippen LogP contribution in [0.15, 0.2) is 5.38 Å². The van der Waals surface area contributed by atoms with Gasteiger partial charge in [-0.05, 0) is 31.3 Å². The molecule has 1 saturated heterocycles. The van der Waals surface area contributed by atoms with Crippen LogP contribution in [0.1, 0.15) is 28.9 Å². The van der Waals surface area contributed by atoms with E-state index < -0.39 is 11.4 Å². The van der Waals surface area contributed by atoms with E-state index in [0.29, 0.717) is 37.3 Å².